The van der Waals surface area contributed by atoms with Crippen LogP contribution in [0.3, 0.4) is 0 Å². The molecule has 3 rings (SSSR count). The van der Waals surface area contributed by atoms with Crippen LogP contribution in [-0.2, 0) is 4.79 Å². The van der Waals surface area contributed by atoms with E-state index in [9.17, 15) is 4.79 Å². The van der Waals surface area contributed by atoms with Crippen molar-refractivity contribution < 1.29 is 4.79 Å². The van der Waals surface area contributed by atoms with Crippen LogP contribution in [0.4, 0.5) is 0 Å². The van der Waals surface area contributed by atoms with Gasteiger partial charge in [0, 0.05) is 12.3 Å². The van der Waals surface area contributed by atoms with Gasteiger partial charge in [-0.1, -0.05) is 26.0 Å². The summed E-state index contributed by atoms with van der Waals surface area (Å²) in [6, 6.07) is 0. The summed E-state index contributed by atoms with van der Waals surface area (Å²) in [7, 11) is 0. The molecule has 1 saturated carbocycles. The molecule has 15 heavy (non-hydrogen) atoms. The number of allylic oxidation sites excluding steroid dienone is 4. The summed E-state index contributed by atoms with van der Waals surface area (Å²) in [4.78, 5) is 11.7. The summed E-state index contributed by atoms with van der Waals surface area (Å²) in [5, 5.41) is 0. The van der Waals surface area contributed by atoms with Crippen molar-refractivity contribution in [1.29, 1.82) is 0 Å². The first kappa shape index (κ1) is 9.38. The fraction of sp³-hybridized carbons (Fsp3) is 0.643. The third kappa shape index (κ3) is 1.40. The van der Waals surface area contributed by atoms with Crippen molar-refractivity contribution in [3.8, 4) is 0 Å². The number of Topliss-reactive ketones (excluding diaryl/α,β-unsaturated/α-hetero) is 1. The van der Waals surface area contributed by atoms with E-state index in [0.717, 1.165) is 19.3 Å². The molecule has 0 unspecified atom stereocenters. The number of rotatable bonds is 0. The lowest BCUT2D eigenvalue weighted by molar-refractivity contribution is -0.121. The van der Waals surface area contributed by atoms with E-state index in [1.807, 2.05) is 0 Å². The third-order valence-corrected chi connectivity index (χ3v) is 4.13. The lowest BCUT2D eigenvalue weighted by Gasteiger charge is -2.23. The summed E-state index contributed by atoms with van der Waals surface area (Å²) in [6.45, 7) is 4.58. The van der Waals surface area contributed by atoms with Crippen molar-refractivity contribution in [3.63, 3.8) is 0 Å². The zero-order valence-electron chi connectivity index (χ0n) is 9.55. The van der Waals surface area contributed by atoms with Gasteiger partial charge >= 0.3 is 0 Å². The maximum atomic E-state index is 11.7. The highest BCUT2D eigenvalue weighted by Crippen LogP contribution is 2.49. The molecule has 0 amide bonds. The van der Waals surface area contributed by atoms with Crippen molar-refractivity contribution in [3.05, 3.63) is 23.3 Å². The largest absolute Gasteiger partial charge is 0.299 e. The number of carbonyl (C=O) groups is 1. The molecular formula is C14H18O. The Morgan fingerprint density at radius 3 is 2.93 bits per heavy atom. The SMILES string of the molecule is CC1(C)C=C2C[C@H]3C(=O)CC[C@H]3C=C2C1. The molecule has 3 aliphatic rings. The van der Waals surface area contributed by atoms with E-state index < -0.39 is 0 Å². The molecule has 0 saturated heterocycles. The van der Waals surface area contributed by atoms with E-state index in [1.165, 1.54) is 17.6 Å². The van der Waals surface area contributed by atoms with Gasteiger partial charge in [0.1, 0.15) is 5.78 Å². The number of fused-ring (bicyclic) bond motifs is 2. The lowest BCUT2D eigenvalue weighted by atomic mass is 9.80. The fourth-order valence-corrected chi connectivity index (χ4v) is 3.47. The standard InChI is InChI=1S/C14H18O/c1-14(2)7-10-5-9-3-4-13(15)12(9)6-11(10)8-14/h5,8-9,12H,3-4,6-7H2,1-2H3/t9-,12+/m0/s1. The summed E-state index contributed by atoms with van der Waals surface area (Å²) in [6.07, 6.45) is 8.91. The smallest absolute Gasteiger partial charge is 0.136 e. The first-order chi connectivity index (χ1) is 7.05. The monoisotopic (exact) mass is 202 g/mol. The molecular weight excluding hydrogens is 184 g/mol. The Balaban J connectivity index is 1.97. The van der Waals surface area contributed by atoms with Crippen LogP contribution in [0, 0.1) is 17.3 Å². The highest BCUT2D eigenvalue weighted by Gasteiger charge is 2.40. The topological polar surface area (TPSA) is 17.1 Å². The first-order valence-electron chi connectivity index (χ1n) is 6.01. The molecule has 0 N–H and O–H groups in total. The number of carbonyl (C=O) groups excluding carboxylic acids is 1. The second-order valence-corrected chi connectivity index (χ2v) is 6.01. The predicted octanol–water partition coefficient (Wildman–Crippen LogP) is 3.27. The Morgan fingerprint density at radius 2 is 2.13 bits per heavy atom. The van der Waals surface area contributed by atoms with E-state index in [2.05, 4.69) is 26.0 Å². The van der Waals surface area contributed by atoms with Gasteiger partial charge in [-0.05, 0) is 41.7 Å². The quantitative estimate of drug-likeness (QED) is 0.589. The van der Waals surface area contributed by atoms with Crippen LogP contribution in [-0.4, -0.2) is 5.78 Å². The van der Waals surface area contributed by atoms with Crippen LogP contribution in [0.15, 0.2) is 23.3 Å². The predicted molar refractivity (Wildman–Crippen MR) is 60.4 cm³/mol. The Morgan fingerprint density at radius 1 is 1.33 bits per heavy atom. The second-order valence-electron chi connectivity index (χ2n) is 6.01. The van der Waals surface area contributed by atoms with Crippen molar-refractivity contribution in [2.45, 2.75) is 39.5 Å². The molecule has 1 fully saturated rings. The van der Waals surface area contributed by atoms with E-state index in [4.69, 9.17) is 0 Å². The molecule has 0 bridgehead atoms. The van der Waals surface area contributed by atoms with E-state index in [0.29, 0.717) is 23.0 Å². The minimum Gasteiger partial charge on any atom is -0.299 e. The summed E-state index contributed by atoms with van der Waals surface area (Å²) in [5.41, 5.74) is 3.33. The van der Waals surface area contributed by atoms with E-state index in [1.54, 1.807) is 0 Å². The summed E-state index contributed by atoms with van der Waals surface area (Å²) >= 11 is 0. The first-order valence-corrected chi connectivity index (χ1v) is 6.01. The van der Waals surface area contributed by atoms with Crippen LogP contribution < -0.4 is 0 Å². The van der Waals surface area contributed by atoms with Gasteiger partial charge in [0.05, 0.1) is 0 Å². The van der Waals surface area contributed by atoms with Gasteiger partial charge in [-0.25, -0.2) is 0 Å². The average molecular weight is 202 g/mol. The maximum absolute atomic E-state index is 11.7. The van der Waals surface area contributed by atoms with Crippen LogP contribution in [0.1, 0.15) is 39.5 Å². The molecule has 0 aromatic heterocycles. The Labute approximate surface area is 91.2 Å². The number of ketones is 1. The minimum atomic E-state index is 0.322. The lowest BCUT2D eigenvalue weighted by Crippen LogP contribution is -2.18. The molecule has 1 nitrogen and oxygen atoms in total. The van der Waals surface area contributed by atoms with Crippen molar-refractivity contribution in [1.82, 2.24) is 0 Å². The third-order valence-electron chi connectivity index (χ3n) is 4.13. The van der Waals surface area contributed by atoms with E-state index in [-0.39, 0.29) is 0 Å². The molecule has 0 radical (unpaired) electrons. The number of hydrogen-bond acceptors (Lipinski definition) is 1. The molecule has 80 valence electrons. The zero-order chi connectivity index (χ0) is 10.6. The Kier molecular flexibility index (Phi) is 1.78. The average Bonchev–Trinajstić information content (AvgIpc) is 2.62. The molecule has 0 aliphatic heterocycles. The highest BCUT2D eigenvalue weighted by molar-refractivity contribution is 5.84. The number of hydrogen-bond donors (Lipinski definition) is 0. The molecule has 0 spiro atoms. The van der Waals surface area contributed by atoms with Crippen LogP contribution in [0.25, 0.3) is 0 Å². The van der Waals surface area contributed by atoms with Crippen molar-refractivity contribution in [2.24, 2.45) is 17.3 Å². The zero-order valence-corrected chi connectivity index (χ0v) is 9.55. The van der Waals surface area contributed by atoms with Gasteiger partial charge in [-0.15, -0.1) is 0 Å². The van der Waals surface area contributed by atoms with Crippen LogP contribution in [0.2, 0.25) is 0 Å². The van der Waals surface area contributed by atoms with Crippen LogP contribution in [0.5, 0.6) is 0 Å². The van der Waals surface area contributed by atoms with E-state index >= 15 is 0 Å². The van der Waals surface area contributed by atoms with Gasteiger partial charge in [-0.3, -0.25) is 4.79 Å². The maximum Gasteiger partial charge on any atom is 0.136 e. The van der Waals surface area contributed by atoms with Gasteiger partial charge in [0.15, 0.2) is 0 Å². The summed E-state index contributed by atoms with van der Waals surface area (Å²) in [5.74, 6) is 1.40. The van der Waals surface area contributed by atoms with Gasteiger partial charge in [-0.2, -0.15) is 0 Å². The minimum absolute atomic E-state index is 0.322. The van der Waals surface area contributed by atoms with Crippen LogP contribution >= 0.6 is 0 Å². The van der Waals surface area contributed by atoms with Gasteiger partial charge in [0.2, 0.25) is 0 Å². The Hall–Kier alpha value is -0.850. The molecule has 0 aromatic carbocycles. The second kappa shape index (κ2) is 2.84. The van der Waals surface area contributed by atoms with Gasteiger partial charge in [0.25, 0.3) is 0 Å². The normalized spacial score (nSPS) is 37.1. The molecule has 0 heterocycles. The van der Waals surface area contributed by atoms with Crippen molar-refractivity contribution in [2.75, 3.05) is 0 Å². The molecule has 3 aliphatic carbocycles. The molecule has 1 heteroatoms. The molecule has 0 aromatic rings. The molecule has 2 atom stereocenters. The van der Waals surface area contributed by atoms with Crippen molar-refractivity contribution >= 4 is 5.78 Å². The summed E-state index contributed by atoms with van der Waals surface area (Å²) < 4.78 is 0. The van der Waals surface area contributed by atoms with Gasteiger partial charge < -0.3 is 0 Å². The Bertz CT molecular complexity index is 384. The highest BCUT2D eigenvalue weighted by atomic mass is 16.1. The fourth-order valence-electron chi connectivity index (χ4n) is 3.47.